The molecule has 2 N–H and O–H groups in total. The summed E-state index contributed by atoms with van der Waals surface area (Å²) in [6.07, 6.45) is 2.53. The van der Waals surface area contributed by atoms with Crippen LogP contribution in [0.5, 0.6) is 0 Å². The van der Waals surface area contributed by atoms with Gasteiger partial charge in [0.05, 0.1) is 0 Å². The lowest BCUT2D eigenvalue weighted by Gasteiger charge is -2.33. The summed E-state index contributed by atoms with van der Waals surface area (Å²) in [6, 6.07) is 6.47. The van der Waals surface area contributed by atoms with Crippen molar-refractivity contribution in [3.05, 3.63) is 33.8 Å². The van der Waals surface area contributed by atoms with Crippen molar-refractivity contribution in [1.82, 2.24) is 4.90 Å². The summed E-state index contributed by atoms with van der Waals surface area (Å²) >= 11 is 12.4. The van der Waals surface area contributed by atoms with Gasteiger partial charge in [-0.25, -0.2) is 0 Å². The maximum atomic E-state index is 6.33. The molecule has 1 unspecified atom stereocenters. The maximum absolute atomic E-state index is 6.33. The van der Waals surface area contributed by atoms with Crippen molar-refractivity contribution >= 4 is 23.2 Å². The lowest BCUT2D eigenvalue weighted by atomic mass is 10.0. The van der Waals surface area contributed by atoms with Crippen LogP contribution in [0.25, 0.3) is 0 Å². The van der Waals surface area contributed by atoms with E-state index < -0.39 is 0 Å². The molecule has 0 bridgehead atoms. The molecule has 4 heteroatoms. The number of benzene rings is 1. The van der Waals surface area contributed by atoms with Crippen LogP contribution in [0.3, 0.4) is 0 Å². The zero-order valence-corrected chi connectivity index (χ0v) is 13.1. The van der Waals surface area contributed by atoms with Crippen LogP contribution < -0.4 is 5.73 Å². The normalized spacial score (nSPS) is 17.2. The number of nitrogens with zero attached hydrogens (tertiary/aromatic N) is 1. The van der Waals surface area contributed by atoms with E-state index in [4.69, 9.17) is 28.9 Å². The summed E-state index contributed by atoms with van der Waals surface area (Å²) in [4.78, 5) is 2.50. The summed E-state index contributed by atoms with van der Waals surface area (Å²) in [5, 5.41) is 1.48. The van der Waals surface area contributed by atoms with Crippen molar-refractivity contribution in [3.63, 3.8) is 0 Å². The van der Waals surface area contributed by atoms with Gasteiger partial charge in [0, 0.05) is 35.2 Å². The monoisotopic (exact) mass is 300 g/mol. The fraction of sp³-hybridized carbons (Fsp3) is 0.600. The fourth-order valence-electron chi connectivity index (χ4n) is 2.57. The summed E-state index contributed by atoms with van der Waals surface area (Å²) < 4.78 is 0. The van der Waals surface area contributed by atoms with Crippen LogP contribution in [0.1, 0.15) is 38.3 Å². The van der Waals surface area contributed by atoms with Gasteiger partial charge in [-0.3, -0.25) is 4.90 Å². The van der Waals surface area contributed by atoms with Gasteiger partial charge in [0.1, 0.15) is 0 Å². The van der Waals surface area contributed by atoms with Crippen molar-refractivity contribution in [2.75, 3.05) is 13.1 Å². The van der Waals surface area contributed by atoms with Gasteiger partial charge >= 0.3 is 0 Å². The van der Waals surface area contributed by atoms with Gasteiger partial charge < -0.3 is 5.73 Å². The highest BCUT2D eigenvalue weighted by molar-refractivity contribution is 6.33. The molecule has 1 aromatic carbocycles. The van der Waals surface area contributed by atoms with E-state index in [1.165, 1.54) is 12.8 Å². The highest BCUT2D eigenvalue weighted by atomic mass is 35.5. The lowest BCUT2D eigenvalue weighted by Crippen LogP contribution is -2.38. The molecule has 0 aliphatic heterocycles. The molecule has 1 atom stereocenters. The van der Waals surface area contributed by atoms with Crippen molar-refractivity contribution in [3.8, 4) is 0 Å². The molecular formula is C15H22Cl2N2. The Bertz CT molecular complexity index is 430. The minimum absolute atomic E-state index is 0.168. The number of hydrogen-bond acceptors (Lipinski definition) is 2. The van der Waals surface area contributed by atoms with Crippen LogP contribution in [0.4, 0.5) is 0 Å². The van der Waals surface area contributed by atoms with Crippen LogP contribution in [-0.2, 0) is 0 Å². The Hall–Kier alpha value is -0.280. The van der Waals surface area contributed by atoms with Gasteiger partial charge in [-0.2, -0.15) is 0 Å². The smallest absolute Gasteiger partial charge is 0.0488 e. The molecule has 1 saturated carbocycles. The Labute approximate surface area is 125 Å². The first-order chi connectivity index (χ1) is 9.02. The largest absolute Gasteiger partial charge is 0.329 e. The first-order valence-corrected chi connectivity index (χ1v) is 7.69. The maximum Gasteiger partial charge on any atom is 0.0488 e. The molecule has 1 aromatic rings. The summed E-state index contributed by atoms with van der Waals surface area (Å²) in [5.74, 6) is 0.618. The van der Waals surface area contributed by atoms with E-state index in [0.717, 1.165) is 22.2 Å². The molecule has 0 radical (unpaired) electrons. The molecule has 106 valence electrons. The average Bonchev–Trinajstić information content (AvgIpc) is 3.16. The second-order valence-corrected chi connectivity index (χ2v) is 6.58. The van der Waals surface area contributed by atoms with E-state index in [1.807, 2.05) is 18.2 Å². The molecule has 0 spiro atoms. The molecule has 19 heavy (non-hydrogen) atoms. The Kier molecular flexibility index (Phi) is 5.13. The Morgan fingerprint density at radius 1 is 1.32 bits per heavy atom. The quantitative estimate of drug-likeness (QED) is 0.856. The summed E-state index contributed by atoms with van der Waals surface area (Å²) in [6.45, 7) is 6.10. The molecule has 1 aliphatic carbocycles. The number of nitrogens with two attached hydrogens (primary N) is 1. The second-order valence-electron chi connectivity index (χ2n) is 5.74. The van der Waals surface area contributed by atoms with Crippen LogP contribution in [0, 0.1) is 5.92 Å². The van der Waals surface area contributed by atoms with E-state index >= 15 is 0 Å². The van der Waals surface area contributed by atoms with Gasteiger partial charge in [-0.15, -0.1) is 0 Å². The third kappa shape index (κ3) is 3.85. The first-order valence-electron chi connectivity index (χ1n) is 6.93. The number of halogens is 2. The van der Waals surface area contributed by atoms with Crippen LogP contribution in [0.2, 0.25) is 10.0 Å². The van der Waals surface area contributed by atoms with E-state index in [9.17, 15) is 0 Å². The molecular weight excluding hydrogens is 279 g/mol. The molecule has 0 aromatic heterocycles. The topological polar surface area (TPSA) is 29.3 Å². The number of rotatable bonds is 6. The Balaban J connectivity index is 2.28. The molecule has 0 amide bonds. The van der Waals surface area contributed by atoms with E-state index in [-0.39, 0.29) is 6.04 Å². The van der Waals surface area contributed by atoms with E-state index in [1.54, 1.807) is 0 Å². The number of hydrogen-bond donors (Lipinski definition) is 1. The van der Waals surface area contributed by atoms with Crippen LogP contribution >= 0.6 is 23.2 Å². The zero-order valence-electron chi connectivity index (χ0n) is 11.6. The molecule has 0 heterocycles. The van der Waals surface area contributed by atoms with Crippen molar-refractivity contribution < 1.29 is 0 Å². The molecule has 0 saturated heterocycles. The molecule has 2 rings (SSSR count). The van der Waals surface area contributed by atoms with Gasteiger partial charge in [0.2, 0.25) is 0 Å². The molecule has 2 nitrogen and oxygen atoms in total. The third-order valence-corrected chi connectivity index (χ3v) is 4.11. The summed E-state index contributed by atoms with van der Waals surface area (Å²) in [7, 11) is 0. The predicted octanol–water partition coefficient (Wildman–Crippen LogP) is 4.11. The van der Waals surface area contributed by atoms with Crippen LogP contribution in [0.15, 0.2) is 18.2 Å². The van der Waals surface area contributed by atoms with Gasteiger partial charge in [-0.05, 0) is 42.5 Å². The lowest BCUT2D eigenvalue weighted by molar-refractivity contribution is 0.169. The highest BCUT2D eigenvalue weighted by Gasteiger charge is 2.35. The van der Waals surface area contributed by atoms with E-state index in [0.29, 0.717) is 18.5 Å². The van der Waals surface area contributed by atoms with Crippen molar-refractivity contribution in [1.29, 1.82) is 0 Å². The second kappa shape index (κ2) is 6.45. The first kappa shape index (κ1) is 15.1. The zero-order chi connectivity index (χ0) is 14.0. The third-order valence-electron chi connectivity index (χ3n) is 3.53. The minimum Gasteiger partial charge on any atom is -0.329 e. The van der Waals surface area contributed by atoms with Crippen LogP contribution in [-0.4, -0.2) is 24.0 Å². The molecule has 1 fully saturated rings. The standard InChI is InChI=1S/C15H22Cl2N2/c1-10(2)9-19(12-4-5-12)15(8-18)13-7-11(16)3-6-14(13)17/h3,6-7,10,12,15H,4-5,8-9,18H2,1-2H3. The SMILES string of the molecule is CC(C)CN(C1CC1)C(CN)c1cc(Cl)ccc1Cl. The fourth-order valence-corrected chi connectivity index (χ4v) is 2.99. The predicted molar refractivity (Wildman–Crippen MR) is 82.8 cm³/mol. The van der Waals surface area contributed by atoms with Crippen molar-refractivity contribution in [2.45, 2.75) is 38.8 Å². The molecule has 1 aliphatic rings. The van der Waals surface area contributed by atoms with Crippen molar-refractivity contribution in [2.24, 2.45) is 11.7 Å². The average molecular weight is 301 g/mol. The Morgan fingerprint density at radius 3 is 2.53 bits per heavy atom. The minimum atomic E-state index is 0.168. The highest BCUT2D eigenvalue weighted by Crippen LogP contribution is 2.37. The Morgan fingerprint density at radius 2 is 2.00 bits per heavy atom. The van der Waals surface area contributed by atoms with Gasteiger partial charge in [-0.1, -0.05) is 37.0 Å². The van der Waals surface area contributed by atoms with Gasteiger partial charge in [0.25, 0.3) is 0 Å². The summed E-state index contributed by atoms with van der Waals surface area (Å²) in [5.41, 5.74) is 7.08. The van der Waals surface area contributed by atoms with Gasteiger partial charge in [0.15, 0.2) is 0 Å². The van der Waals surface area contributed by atoms with E-state index in [2.05, 4.69) is 18.7 Å².